The normalized spacial score (nSPS) is 18.9. The zero-order chi connectivity index (χ0) is 20.6. The van der Waals surface area contributed by atoms with Gasteiger partial charge in [-0.3, -0.25) is 4.90 Å². The monoisotopic (exact) mass is 405 g/mol. The molecule has 0 unspecified atom stereocenters. The van der Waals surface area contributed by atoms with Crippen LogP contribution in [0.3, 0.4) is 0 Å². The summed E-state index contributed by atoms with van der Waals surface area (Å²) in [7, 11) is 0. The second kappa shape index (κ2) is 10.8. The summed E-state index contributed by atoms with van der Waals surface area (Å²) >= 11 is 0. The van der Waals surface area contributed by atoms with E-state index in [1.165, 1.54) is 24.3 Å². The summed E-state index contributed by atoms with van der Waals surface area (Å²) in [6, 6.07) is 12.3. The fraction of sp³-hybridized carbons (Fsp3) is 0.478. The Morgan fingerprint density at radius 2 is 1.55 bits per heavy atom. The molecule has 2 N–H and O–H groups in total. The molecule has 2 aromatic carbocycles. The molecular formula is C23H29F2NO3. The average molecular weight is 405 g/mol. The van der Waals surface area contributed by atoms with E-state index in [1.54, 1.807) is 24.3 Å². The molecule has 1 saturated heterocycles. The van der Waals surface area contributed by atoms with Crippen molar-refractivity contribution in [1.82, 2.24) is 4.90 Å². The van der Waals surface area contributed by atoms with Crippen molar-refractivity contribution in [2.24, 2.45) is 0 Å². The van der Waals surface area contributed by atoms with Gasteiger partial charge >= 0.3 is 0 Å². The van der Waals surface area contributed by atoms with Gasteiger partial charge in [-0.2, -0.15) is 0 Å². The van der Waals surface area contributed by atoms with Crippen LogP contribution in [0.1, 0.15) is 42.9 Å². The van der Waals surface area contributed by atoms with E-state index < -0.39 is 12.2 Å². The molecule has 158 valence electrons. The van der Waals surface area contributed by atoms with Gasteiger partial charge < -0.3 is 14.9 Å². The lowest BCUT2D eigenvalue weighted by atomic mass is 9.99. The SMILES string of the molecule is OCC[C@@H]1CCCCN1C[C@H](O)COC(c1ccc(F)cc1)c1ccc(F)cc1. The van der Waals surface area contributed by atoms with Crippen LogP contribution < -0.4 is 0 Å². The quantitative estimate of drug-likeness (QED) is 0.669. The van der Waals surface area contributed by atoms with Crippen LogP contribution in [-0.4, -0.2) is 53.6 Å². The molecule has 2 aromatic rings. The lowest BCUT2D eigenvalue weighted by molar-refractivity contribution is -0.0203. The first kappa shape index (κ1) is 21.8. The maximum Gasteiger partial charge on any atom is 0.123 e. The molecule has 0 aliphatic carbocycles. The second-order valence-electron chi connectivity index (χ2n) is 7.63. The maximum atomic E-state index is 13.3. The Kier molecular flexibility index (Phi) is 8.12. The molecule has 1 fully saturated rings. The van der Waals surface area contributed by atoms with Crippen molar-refractivity contribution < 1.29 is 23.7 Å². The molecule has 0 bridgehead atoms. The van der Waals surface area contributed by atoms with Crippen LogP contribution in [0.25, 0.3) is 0 Å². The van der Waals surface area contributed by atoms with E-state index in [9.17, 15) is 19.0 Å². The van der Waals surface area contributed by atoms with Crippen molar-refractivity contribution in [3.63, 3.8) is 0 Å². The van der Waals surface area contributed by atoms with Crippen molar-refractivity contribution >= 4 is 0 Å². The molecule has 0 amide bonds. The third kappa shape index (κ3) is 6.31. The number of ether oxygens (including phenoxy) is 1. The molecule has 6 heteroatoms. The third-order valence-corrected chi connectivity index (χ3v) is 5.46. The summed E-state index contributed by atoms with van der Waals surface area (Å²) in [5.74, 6) is -0.682. The Morgan fingerprint density at radius 1 is 0.966 bits per heavy atom. The highest BCUT2D eigenvalue weighted by Gasteiger charge is 2.25. The maximum absolute atomic E-state index is 13.3. The minimum absolute atomic E-state index is 0.0990. The smallest absolute Gasteiger partial charge is 0.123 e. The van der Waals surface area contributed by atoms with Crippen molar-refractivity contribution in [2.45, 2.75) is 43.9 Å². The number of aliphatic hydroxyl groups is 2. The highest BCUT2D eigenvalue weighted by Crippen LogP contribution is 2.27. The lowest BCUT2D eigenvalue weighted by Crippen LogP contribution is -2.45. The summed E-state index contributed by atoms with van der Waals surface area (Å²) in [4.78, 5) is 2.22. The number of aliphatic hydroxyl groups excluding tert-OH is 2. The first-order valence-corrected chi connectivity index (χ1v) is 10.2. The molecule has 1 heterocycles. The van der Waals surface area contributed by atoms with Gasteiger partial charge in [-0.05, 0) is 61.2 Å². The van der Waals surface area contributed by atoms with E-state index >= 15 is 0 Å². The Labute approximate surface area is 170 Å². The predicted molar refractivity (Wildman–Crippen MR) is 108 cm³/mol. The van der Waals surface area contributed by atoms with Crippen molar-refractivity contribution in [3.05, 3.63) is 71.3 Å². The Hall–Kier alpha value is -1.86. The molecule has 1 aliphatic rings. The van der Waals surface area contributed by atoms with E-state index in [1.807, 2.05) is 0 Å². The van der Waals surface area contributed by atoms with E-state index in [-0.39, 0.29) is 30.9 Å². The fourth-order valence-corrected chi connectivity index (χ4v) is 3.97. The molecular weight excluding hydrogens is 376 g/mol. The number of likely N-dealkylation sites (tertiary alicyclic amines) is 1. The largest absolute Gasteiger partial charge is 0.396 e. The Bertz CT molecular complexity index is 691. The first-order valence-electron chi connectivity index (χ1n) is 10.2. The third-order valence-electron chi connectivity index (χ3n) is 5.46. The zero-order valence-electron chi connectivity index (χ0n) is 16.5. The van der Waals surface area contributed by atoms with Gasteiger partial charge in [-0.1, -0.05) is 30.7 Å². The number of hydrogen-bond donors (Lipinski definition) is 2. The Morgan fingerprint density at radius 3 is 2.10 bits per heavy atom. The van der Waals surface area contributed by atoms with E-state index in [0.717, 1.165) is 36.9 Å². The molecule has 4 nitrogen and oxygen atoms in total. The van der Waals surface area contributed by atoms with Crippen LogP contribution in [0.2, 0.25) is 0 Å². The minimum Gasteiger partial charge on any atom is -0.396 e. The van der Waals surface area contributed by atoms with E-state index in [2.05, 4.69) is 4.90 Å². The minimum atomic E-state index is -0.697. The number of benzene rings is 2. The van der Waals surface area contributed by atoms with E-state index in [0.29, 0.717) is 13.0 Å². The van der Waals surface area contributed by atoms with Crippen LogP contribution >= 0.6 is 0 Å². The molecule has 1 aliphatic heterocycles. The van der Waals surface area contributed by atoms with Gasteiger partial charge in [0.1, 0.15) is 17.7 Å². The molecule has 0 saturated carbocycles. The number of piperidine rings is 1. The zero-order valence-corrected chi connectivity index (χ0v) is 16.5. The molecule has 3 rings (SSSR count). The van der Waals surface area contributed by atoms with Crippen LogP contribution in [0.5, 0.6) is 0 Å². The van der Waals surface area contributed by atoms with Crippen LogP contribution in [0, 0.1) is 11.6 Å². The summed E-state index contributed by atoms with van der Waals surface area (Å²) in [6.07, 6.45) is 2.75. The number of rotatable bonds is 9. The number of nitrogens with zero attached hydrogens (tertiary/aromatic N) is 1. The second-order valence-corrected chi connectivity index (χ2v) is 7.63. The standard InChI is InChI=1S/C23H29F2NO3/c24-19-8-4-17(5-9-19)23(18-6-10-20(25)11-7-18)29-16-22(28)15-26-13-2-1-3-21(26)12-14-27/h4-11,21-23,27-28H,1-3,12-16H2/t21-,22-/m0/s1. The first-order chi connectivity index (χ1) is 14.1. The van der Waals surface area contributed by atoms with Crippen molar-refractivity contribution in [3.8, 4) is 0 Å². The van der Waals surface area contributed by atoms with Gasteiger partial charge in [0.15, 0.2) is 0 Å². The fourth-order valence-electron chi connectivity index (χ4n) is 3.97. The summed E-state index contributed by atoms with van der Waals surface area (Å²) < 4.78 is 32.7. The van der Waals surface area contributed by atoms with Gasteiger partial charge in [0.2, 0.25) is 0 Å². The van der Waals surface area contributed by atoms with Crippen molar-refractivity contribution in [1.29, 1.82) is 0 Å². The van der Waals surface area contributed by atoms with Gasteiger partial charge in [-0.25, -0.2) is 8.78 Å². The van der Waals surface area contributed by atoms with Crippen molar-refractivity contribution in [2.75, 3.05) is 26.3 Å². The number of hydrogen-bond acceptors (Lipinski definition) is 4. The van der Waals surface area contributed by atoms with Crippen LogP contribution in [0.15, 0.2) is 48.5 Å². The molecule has 0 spiro atoms. The van der Waals surface area contributed by atoms with E-state index in [4.69, 9.17) is 4.74 Å². The molecule has 0 radical (unpaired) electrons. The number of β-amino-alcohol motifs (C(OH)–C–C–N with tert-alkyl or cyclic N) is 1. The average Bonchev–Trinajstić information content (AvgIpc) is 2.72. The Balaban J connectivity index is 1.66. The predicted octanol–water partition coefficient (Wildman–Crippen LogP) is 3.67. The summed E-state index contributed by atoms with van der Waals surface area (Å²) in [6.45, 7) is 1.62. The van der Waals surface area contributed by atoms with Gasteiger partial charge in [-0.15, -0.1) is 0 Å². The highest BCUT2D eigenvalue weighted by molar-refractivity contribution is 5.30. The van der Waals surface area contributed by atoms with Gasteiger partial charge in [0.25, 0.3) is 0 Å². The summed E-state index contributed by atoms with van der Waals surface area (Å²) in [5.41, 5.74) is 1.47. The highest BCUT2D eigenvalue weighted by atomic mass is 19.1. The molecule has 0 aromatic heterocycles. The topological polar surface area (TPSA) is 52.9 Å². The van der Waals surface area contributed by atoms with Gasteiger partial charge in [0, 0.05) is 19.2 Å². The molecule has 29 heavy (non-hydrogen) atoms. The molecule has 2 atom stereocenters. The van der Waals surface area contributed by atoms with Gasteiger partial charge in [0.05, 0.1) is 12.7 Å². The lowest BCUT2D eigenvalue weighted by Gasteiger charge is -2.36. The van der Waals surface area contributed by atoms with Crippen LogP contribution in [0.4, 0.5) is 8.78 Å². The number of halogens is 2. The summed E-state index contributed by atoms with van der Waals surface area (Å²) in [5, 5.41) is 19.8. The van der Waals surface area contributed by atoms with Crippen LogP contribution in [-0.2, 0) is 4.74 Å².